The van der Waals surface area contributed by atoms with Crippen molar-refractivity contribution < 1.29 is 4.74 Å². The monoisotopic (exact) mass is 301 g/mol. The number of benzene rings is 1. The minimum atomic E-state index is 0.226. The van der Waals surface area contributed by atoms with Crippen LogP contribution in [-0.2, 0) is 17.9 Å². The van der Waals surface area contributed by atoms with Crippen LogP contribution in [0.4, 0.5) is 0 Å². The molecule has 3 rings (SSSR count). The van der Waals surface area contributed by atoms with Crippen molar-refractivity contribution in [2.45, 2.75) is 19.2 Å². The Labute approximate surface area is 128 Å². The van der Waals surface area contributed by atoms with Gasteiger partial charge in [-0.2, -0.15) is 0 Å². The second-order valence-corrected chi connectivity index (χ2v) is 6.13. The fourth-order valence-corrected chi connectivity index (χ4v) is 3.28. The van der Waals surface area contributed by atoms with Gasteiger partial charge < -0.3 is 15.4 Å². The maximum Gasteiger partial charge on any atom is 0.192 e. The van der Waals surface area contributed by atoms with Crippen LogP contribution in [-0.4, -0.2) is 24.5 Å². The molecule has 2 heterocycles. The Bertz CT molecular complexity index is 607. The standard InChI is InChI=1S/C16H19N3OS/c1-20-11-12-4-6-13(7-5-12)15-9-18-16(17)19(15)10-14-3-2-8-21-14/h2-8,15H,9-11H2,1H3,(H2,17,18). The average molecular weight is 301 g/mol. The van der Waals surface area contributed by atoms with Crippen LogP contribution >= 0.6 is 11.3 Å². The summed E-state index contributed by atoms with van der Waals surface area (Å²) in [7, 11) is 1.71. The molecule has 0 saturated heterocycles. The smallest absolute Gasteiger partial charge is 0.192 e. The third-order valence-corrected chi connectivity index (χ3v) is 4.54. The average Bonchev–Trinajstić information content (AvgIpc) is 3.12. The van der Waals surface area contributed by atoms with E-state index in [2.05, 4.69) is 51.7 Å². The molecule has 0 spiro atoms. The summed E-state index contributed by atoms with van der Waals surface area (Å²) in [5.74, 6) is 0.634. The molecular formula is C16H19N3OS. The summed E-state index contributed by atoms with van der Waals surface area (Å²) in [5, 5.41) is 2.09. The van der Waals surface area contributed by atoms with E-state index in [9.17, 15) is 0 Å². The lowest BCUT2D eigenvalue weighted by Crippen LogP contribution is -2.35. The maximum atomic E-state index is 6.06. The van der Waals surface area contributed by atoms with Crippen LogP contribution in [0.1, 0.15) is 22.0 Å². The van der Waals surface area contributed by atoms with Gasteiger partial charge in [0.25, 0.3) is 0 Å². The van der Waals surface area contributed by atoms with E-state index in [0.717, 1.165) is 13.1 Å². The van der Waals surface area contributed by atoms with E-state index >= 15 is 0 Å². The van der Waals surface area contributed by atoms with Crippen molar-refractivity contribution in [2.24, 2.45) is 10.7 Å². The molecule has 0 fully saturated rings. The Morgan fingerprint density at radius 2 is 2.14 bits per heavy atom. The number of aliphatic imine (C=N–C) groups is 1. The zero-order valence-corrected chi connectivity index (χ0v) is 12.8. The second-order valence-electron chi connectivity index (χ2n) is 5.10. The number of rotatable bonds is 5. The van der Waals surface area contributed by atoms with E-state index in [4.69, 9.17) is 10.5 Å². The number of nitrogens with two attached hydrogens (primary N) is 1. The molecular weight excluding hydrogens is 282 g/mol. The first-order valence-corrected chi connectivity index (χ1v) is 7.82. The van der Waals surface area contributed by atoms with Crippen LogP contribution in [0.25, 0.3) is 0 Å². The summed E-state index contributed by atoms with van der Waals surface area (Å²) < 4.78 is 5.15. The molecule has 0 radical (unpaired) electrons. The Hall–Kier alpha value is -1.85. The van der Waals surface area contributed by atoms with Crippen LogP contribution in [0, 0.1) is 0 Å². The molecule has 5 heteroatoms. The molecule has 0 aliphatic carbocycles. The summed E-state index contributed by atoms with van der Waals surface area (Å²) >= 11 is 1.75. The fourth-order valence-electron chi connectivity index (χ4n) is 2.58. The fraction of sp³-hybridized carbons (Fsp3) is 0.312. The molecule has 0 amide bonds. The van der Waals surface area contributed by atoms with Crippen molar-refractivity contribution in [3.05, 3.63) is 57.8 Å². The number of ether oxygens (including phenoxy) is 1. The predicted molar refractivity (Wildman–Crippen MR) is 86.2 cm³/mol. The topological polar surface area (TPSA) is 50.9 Å². The van der Waals surface area contributed by atoms with Crippen LogP contribution in [0.2, 0.25) is 0 Å². The van der Waals surface area contributed by atoms with Gasteiger partial charge in [-0.1, -0.05) is 30.3 Å². The zero-order chi connectivity index (χ0) is 14.7. The van der Waals surface area contributed by atoms with E-state index in [1.165, 1.54) is 16.0 Å². The van der Waals surface area contributed by atoms with Gasteiger partial charge in [-0.05, 0) is 22.6 Å². The lowest BCUT2D eigenvalue weighted by molar-refractivity contribution is 0.185. The molecule has 0 saturated carbocycles. The molecule has 1 atom stereocenters. The van der Waals surface area contributed by atoms with Crippen LogP contribution < -0.4 is 5.73 Å². The van der Waals surface area contributed by atoms with Crippen molar-refractivity contribution >= 4 is 17.3 Å². The highest BCUT2D eigenvalue weighted by Gasteiger charge is 2.27. The summed E-state index contributed by atoms with van der Waals surface area (Å²) in [6, 6.07) is 12.9. The quantitative estimate of drug-likeness (QED) is 0.924. The van der Waals surface area contributed by atoms with Gasteiger partial charge in [0.1, 0.15) is 0 Å². The molecule has 1 aromatic carbocycles. The lowest BCUT2D eigenvalue weighted by atomic mass is 10.0. The van der Waals surface area contributed by atoms with E-state index in [1.807, 2.05) is 0 Å². The Morgan fingerprint density at radius 1 is 1.33 bits per heavy atom. The number of guanidine groups is 1. The number of nitrogens with zero attached hydrogens (tertiary/aromatic N) is 2. The highest BCUT2D eigenvalue weighted by atomic mass is 32.1. The maximum absolute atomic E-state index is 6.06. The van der Waals surface area contributed by atoms with Crippen LogP contribution in [0.15, 0.2) is 46.8 Å². The first kappa shape index (κ1) is 14.1. The van der Waals surface area contributed by atoms with Gasteiger partial charge in [0.15, 0.2) is 5.96 Å². The highest BCUT2D eigenvalue weighted by molar-refractivity contribution is 7.09. The molecule has 0 bridgehead atoms. The zero-order valence-electron chi connectivity index (χ0n) is 12.0. The van der Waals surface area contributed by atoms with Gasteiger partial charge in [-0.15, -0.1) is 11.3 Å². The summed E-state index contributed by atoms with van der Waals surface area (Å²) in [6.07, 6.45) is 0. The molecule has 1 aliphatic heterocycles. The van der Waals surface area contributed by atoms with Crippen molar-refractivity contribution in [3.63, 3.8) is 0 Å². The second kappa shape index (κ2) is 6.28. The van der Waals surface area contributed by atoms with E-state index in [1.54, 1.807) is 18.4 Å². The Kier molecular flexibility index (Phi) is 4.22. The number of thiophene rings is 1. The van der Waals surface area contributed by atoms with Crippen molar-refractivity contribution in [3.8, 4) is 0 Å². The molecule has 1 aromatic heterocycles. The highest BCUT2D eigenvalue weighted by Crippen LogP contribution is 2.28. The van der Waals surface area contributed by atoms with E-state index < -0.39 is 0 Å². The SMILES string of the molecule is COCc1ccc(C2CN=C(N)N2Cc2cccs2)cc1. The first-order valence-electron chi connectivity index (χ1n) is 6.94. The van der Waals surface area contributed by atoms with Crippen molar-refractivity contribution in [2.75, 3.05) is 13.7 Å². The molecule has 4 nitrogen and oxygen atoms in total. The molecule has 1 unspecified atom stereocenters. The first-order chi connectivity index (χ1) is 10.3. The Balaban J connectivity index is 1.77. The molecule has 2 N–H and O–H groups in total. The third kappa shape index (κ3) is 3.09. The van der Waals surface area contributed by atoms with Crippen LogP contribution in [0.5, 0.6) is 0 Å². The van der Waals surface area contributed by atoms with Crippen molar-refractivity contribution in [1.82, 2.24) is 4.90 Å². The van der Waals surface area contributed by atoms with Gasteiger partial charge >= 0.3 is 0 Å². The van der Waals surface area contributed by atoms with Gasteiger partial charge in [0.2, 0.25) is 0 Å². The normalized spacial score (nSPS) is 18.0. The Morgan fingerprint density at radius 3 is 2.81 bits per heavy atom. The van der Waals surface area contributed by atoms with Gasteiger partial charge in [0.05, 0.1) is 25.7 Å². The predicted octanol–water partition coefficient (Wildman–Crippen LogP) is 2.77. The summed E-state index contributed by atoms with van der Waals surface area (Å²) in [5.41, 5.74) is 8.49. The third-order valence-electron chi connectivity index (χ3n) is 3.68. The summed E-state index contributed by atoms with van der Waals surface area (Å²) in [4.78, 5) is 7.89. The van der Waals surface area contributed by atoms with Gasteiger partial charge in [-0.25, -0.2) is 0 Å². The number of hydrogen-bond acceptors (Lipinski definition) is 5. The van der Waals surface area contributed by atoms with E-state index in [-0.39, 0.29) is 6.04 Å². The molecule has 2 aromatic rings. The number of hydrogen-bond donors (Lipinski definition) is 1. The van der Waals surface area contributed by atoms with Crippen molar-refractivity contribution in [1.29, 1.82) is 0 Å². The molecule has 110 valence electrons. The summed E-state index contributed by atoms with van der Waals surface area (Å²) in [6.45, 7) is 2.18. The lowest BCUT2D eigenvalue weighted by Gasteiger charge is -2.26. The van der Waals surface area contributed by atoms with E-state index in [0.29, 0.717) is 12.6 Å². The molecule has 1 aliphatic rings. The molecule has 21 heavy (non-hydrogen) atoms. The van der Waals surface area contributed by atoms with Gasteiger partial charge in [0, 0.05) is 12.0 Å². The van der Waals surface area contributed by atoms with Gasteiger partial charge in [-0.3, -0.25) is 4.99 Å². The minimum absolute atomic E-state index is 0.226. The largest absolute Gasteiger partial charge is 0.380 e. The van der Waals surface area contributed by atoms with Crippen LogP contribution in [0.3, 0.4) is 0 Å². The number of methoxy groups -OCH3 is 1. The minimum Gasteiger partial charge on any atom is -0.380 e.